The summed E-state index contributed by atoms with van der Waals surface area (Å²) in [5.41, 5.74) is 2.27. The lowest BCUT2D eigenvalue weighted by atomic mass is 10.1. The minimum atomic E-state index is 0.685. The first-order valence-electron chi connectivity index (χ1n) is 6.20. The smallest absolute Gasteiger partial charge is 0.134 e. The van der Waals surface area contributed by atoms with Crippen molar-refractivity contribution in [3.63, 3.8) is 0 Å². The number of hydrogen-bond donors (Lipinski definition) is 1. The first-order valence-corrected chi connectivity index (χ1v) is 7.35. The zero-order valence-corrected chi connectivity index (χ0v) is 10.6. The number of fused-ring (bicyclic) bond motifs is 1. The molecule has 0 radical (unpaired) electrons. The molecule has 17 heavy (non-hydrogen) atoms. The van der Waals surface area contributed by atoms with E-state index in [0.717, 1.165) is 12.1 Å². The van der Waals surface area contributed by atoms with Crippen molar-refractivity contribution in [1.82, 2.24) is 5.32 Å². The monoisotopic (exact) mass is 247 g/mol. The second kappa shape index (κ2) is 5.15. The molecule has 0 unspecified atom stereocenters. The second-order valence-electron chi connectivity index (χ2n) is 4.52. The largest absolute Gasteiger partial charge is 0.464 e. The Morgan fingerprint density at radius 2 is 2.06 bits per heavy atom. The summed E-state index contributed by atoms with van der Waals surface area (Å²) >= 11 is 2.07. The van der Waals surface area contributed by atoms with Crippen LogP contribution in [0.3, 0.4) is 0 Å². The summed E-state index contributed by atoms with van der Waals surface area (Å²) in [6.45, 7) is 0.923. The quantitative estimate of drug-likeness (QED) is 0.899. The summed E-state index contributed by atoms with van der Waals surface area (Å²) < 4.78 is 5.54. The van der Waals surface area contributed by atoms with Crippen molar-refractivity contribution < 1.29 is 4.42 Å². The van der Waals surface area contributed by atoms with Gasteiger partial charge in [-0.3, -0.25) is 0 Å². The molecule has 1 fully saturated rings. The summed E-state index contributed by atoms with van der Waals surface area (Å²) in [6, 6.07) is 8.92. The van der Waals surface area contributed by atoms with Crippen LogP contribution in [0.25, 0.3) is 11.0 Å². The molecule has 1 aromatic carbocycles. The van der Waals surface area contributed by atoms with E-state index in [2.05, 4.69) is 29.2 Å². The molecule has 1 saturated heterocycles. The first kappa shape index (κ1) is 11.2. The van der Waals surface area contributed by atoms with Crippen LogP contribution in [-0.2, 0) is 6.54 Å². The summed E-state index contributed by atoms with van der Waals surface area (Å²) in [5, 5.41) is 4.88. The topological polar surface area (TPSA) is 25.2 Å². The Morgan fingerprint density at radius 1 is 1.24 bits per heavy atom. The van der Waals surface area contributed by atoms with Gasteiger partial charge in [0.15, 0.2) is 0 Å². The maximum atomic E-state index is 5.54. The molecule has 90 valence electrons. The molecule has 0 amide bonds. The molecule has 1 aliphatic rings. The van der Waals surface area contributed by atoms with Gasteiger partial charge in [-0.25, -0.2) is 0 Å². The van der Waals surface area contributed by atoms with E-state index in [9.17, 15) is 0 Å². The van der Waals surface area contributed by atoms with Gasteiger partial charge in [0, 0.05) is 23.5 Å². The highest BCUT2D eigenvalue weighted by molar-refractivity contribution is 7.99. The van der Waals surface area contributed by atoms with Gasteiger partial charge in [0.05, 0.1) is 6.26 Å². The second-order valence-corrected chi connectivity index (χ2v) is 5.75. The van der Waals surface area contributed by atoms with E-state index < -0.39 is 0 Å². The predicted octanol–water partition coefficient (Wildman–Crippen LogP) is 3.42. The Hall–Kier alpha value is -0.930. The minimum absolute atomic E-state index is 0.685. The molecular weight excluding hydrogens is 230 g/mol. The Bertz CT molecular complexity index is 488. The summed E-state index contributed by atoms with van der Waals surface area (Å²) in [4.78, 5) is 0. The van der Waals surface area contributed by atoms with Crippen LogP contribution in [0.5, 0.6) is 0 Å². The van der Waals surface area contributed by atoms with E-state index in [1.54, 1.807) is 0 Å². The van der Waals surface area contributed by atoms with Crippen LogP contribution in [0.2, 0.25) is 0 Å². The summed E-state index contributed by atoms with van der Waals surface area (Å²) in [6.07, 6.45) is 4.47. The van der Waals surface area contributed by atoms with Crippen molar-refractivity contribution in [3.05, 3.63) is 36.1 Å². The van der Waals surface area contributed by atoms with Crippen molar-refractivity contribution in [2.24, 2.45) is 0 Å². The Morgan fingerprint density at radius 3 is 2.94 bits per heavy atom. The number of hydrogen-bond acceptors (Lipinski definition) is 3. The minimum Gasteiger partial charge on any atom is -0.464 e. The third-order valence-electron chi connectivity index (χ3n) is 3.36. The zero-order valence-electron chi connectivity index (χ0n) is 9.82. The first-order chi connectivity index (χ1) is 8.43. The van der Waals surface area contributed by atoms with E-state index in [0.29, 0.717) is 6.04 Å². The van der Waals surface area contributed by atoms with Gasteiger partial charge < -0.3 is 9.73 Å². The summed E-state index contributed by atoms with van der Waals surface area (Å²) in [5.74, 6) is 2.59. The van der Waals surface area contributed by atoms with Gasteiger partial charge in [0.2, 0.25) is 0 Å². The van der Waals surface area contributed by atoms with Gasteiger partial charge in [-0.1, -0.05) is 18.2 Å². The highest BCUT2D eigenvalue weighted by Crippen LogP contribution is 2.22. The van der Waals surface area contributed by atoms with E-state index in [1.165, 1.54) is 35.3 Å². The lowest BCUT2D eigenvalue weighted by Gasteiger charge is -2.22. The molecule has 2 aromatic rings. The average molecular weight is 247 g/mol. The van der Waals surface area contributed by atoms with E-state index in [1.807, 2.05) is 18.4 Å². The van der Waals surface area contributed by atoms with Crippen LogP contribution in [0.4, 0.5) is 0 Å². The fourth-order valence-electron chi connectivity index (χ4n) is 2.33. The normalized spacial score (nSPS) is 17.6. The Balaban J connectivity index is 1.68. The highest BCUT2D eigenvalue weighted by Gasteiger charge is 2.13. The molecule has 2 heterocycles. The van der Waals surface area contributed by atoms with Crippen LogP contribution in [0, 0.1) is 0 Å². The fourth-order valence-corrected chi connectivity index (χ4v) is 3.43. The van der Waals surface area contributed by atoms with Crippen molar-refractivity contribution in [2.75, 3.05) is 11.5 Å². The number of rotatable bonds is 3. The van der Waals surface area contributed by atoms with Crippen molar-refractivity contribution >= 4 is 22.7 Å². The van der Waals surface area contributed by atoms with E-state index in [4.69, 9.17) is 4.42 Å². The molecule has 0 spiro atoms. The average Bonchev–Trinajstić information content (AvgIpc) is 2.81. The molecule has 3 heteroatoms. The predicted molar refractivity (Wildman–Crippen MR) is 73.4 cm³/mol. The van der Waals surface area contributed by atoms with Crippen LogP contribution in [-0.4, -0.2) is 17.5 Å². The SMILES string of the molecule is c1ccc2c(CNC3CCSCC3)coc2c1. The van der Waals surface area contributed by atoms with E-state index >= 15 is 0 Å². The van der Waals surface area contributed by atoms with Gasteiger partial charge >= 0.3 is 0 Å². The van der Waals surface area contributed by atoms with Gasteiger partial charge in [-0.2, -0.15) is 11.8 Å². The van der Waals surface area contributed by atoms with Crippen molar-refractivity contribution in [1.29, 1.82) is 0 Å². The molecule has 2 nitrogen and oxygen atoms in total. The Kier molecular flexibility index (Phi) is 3.39. The third kappa shape index (κ3) is 2.50. The van der Waals surface area contributed by atoms with Crippen molar-refractivity contribution in [2.45, 2.75) is 25.4 Å². The molecule has 1 aliphatic heterocycles. The number of furan rings is 1. The lowest BCUT2D eigenvalue weighted by molar-refractivity contribution is 0.480. The van der Waals surface area contributed by atoms with E-state index in [-0.39, 0.29) is 0 Å². The number of nitrogens with one attached hydrogen (secondary N) is 1. The molecule has 1 N–H and O–H groups in total. The fraction of sp³-hybridized carbons (Fsp3) is 0.429. The Labute approximate surface area is 106 Å². The lowest BCUT2D eigenvalue weighted by Crippen LogP contribution is -2.31. The molecule has 0 bridgehead atoms. The molecule has 0 saturated carbocycles. The number of para-hydroxylation sites is 1. The van der Waals surface area contributed by atoms with Gasteiger partial charge in [0.1, 0.15) is 5.58 Å². The number of benzene rings is 1. The maximum Gasteiger partial charge on any atom is 0.134 e. The molecule has 3 rings (SSSR count). The molecule has 0 atom stereocenters. The molecule has 0 aliphatic carbocycles. The van der Waals surface area contributed by atoms with Gasteiger partial charge in [0.25, 0.3) is 0 Å². The van der Waals surface area contributed by atoms with Gasteiger partial charge in [-0.05, 0) is 30.4 Å². The van der Waals surface area contributed by atoms with Crippen molar-refractivity contribution in [3.8, 4) is 0 Å². The maximum absolute atomic E-state index is 5.54. The highest BCUT2D eigenvalue weighted by atomic mass is 32.2. The van der Waals surface area contributed by atoms with Crippen LogP contribution < -0.4 is 5.32 Å². The molecule has 1 aromatic heterocycles. The summed E-state index contributed by atoms with van der Waals surface area (Å²) in [7, 11) is 0. The zero-order chi connectivity index (χ0) is 11.5. The molecular formula is C14H17NOS. The van der Waals surface area contributed by atoms with Crippen LogP contribution in [0.1, 0.15) is 18.4 Å². The van der Waals surface area contributed by atoms with Crippen LogP contribution >= 0.6 is 11.8 Å². The van der Waals surface area contributed by atoms with Gasteiger partial charge in [-0.15, -0.1) is 0 Å². The van der Waals surface area contributed by atoms with Crippen LogP contribution in [0.15, 0.2) is 34.9 Å². The standard InChI is InChI=1S/C14H17NOS/c1-2-4-14-13(3-1)11(10-16-14)9-15-12-5-7-17-8-6-12/h1-4,10,12,15H,5-9H2. The third-order valence-corrected chi connectivity index (χ3v) is 4.41. The number of thioether (sulfide) groups is 1.